The molecule has 0 radical (unpaired) electrons. The Labute approximate surface area is 187 Å². The van der Waals surface area contributed by atoms with Gasteiger partial charge < -0.3 is 24.6 Å². The molecule has 2 aliphatic rings. The summed E-state index contributed by atoms with van der Waals surface area (Å²) >= 11 is 1.99. The average molecular weight is 444 g/mol. The lowest BCUT2D eigenvalue weighted by molar-refractivity contribution is -0.120. The van der Waals surface area contributed by atoms with Gasteiger partial charge in [0.15, 0.2) is 11.5 Å². The van der Waals surface area contributed by atoms with E-state index in [1.165, 1.54) is 0 Å². The molecule has 2 saturated heterocycles. The highest BCUT2D eigenvalue weighted by Crippen LogP contribution is 2.31. The second-order valence-corrected chi connectivity index (χ2v) is 8.88. The zero-order chi connectivity index (χ0) is 21.6. The minimum atomic E-state index is -0.0234. The molecule has 0 bridgehead atoms. The second kappa shape index (κ2) is 10.1. The first kappa shape index (κ1) is 21.5. The number of hydrogen-bond donors (Lipinski definition) is 1. The van der Waals surface area contributed by atoms with Gasteiger partial charge in [0.1, 0.15) is 18.0 Å². The largest absolute Gasteiger partial charge is 0.493 e. The van der Waals surface area contributed by atoms with Gasteiger partial charge in [-0.05, 0) is 25.0 Å². The van der Waals surface area contributed by atoms with Gasteiger partial charge in [0.2, 0.25) is 5.91 Å². The normalized spacial score (nSPS) is 17.4. The van der Waals surface area contributed by atoms with Crippen LogP contribution in [0.2, 0.25) is 0 Å². The van der Waals surface area contributed by atoms with E-state index in [-0.39, 0.29) is 11.8 Å². The number of amides is 1. The molecule has 1 amide bonds. The zero-order valence-electron chi connectivity index (χ0n) is 18.0. The van der Waals surface area contributed by atoms with E-state index in [9.17, 15) is 4.79 Å². The van der Waals surface area contributed by atoms with Crippen LogP contribution in [0.1, 0.15) is 12.8 Å². The van der Waals surface area contributed by atoms with Crippen LogP contribution in [0.3, 0.4) is 0 Å². The lowest BCUT2D eigenvalue weighted by Crippen LogP contribution is -2.39. The summed E-state index contributed by atoms with van der Waals surface area (Å²) in [4.78, 5) is 26.3. The quantitative estimate of drug-likeness (QED) is 0.730. The van der Waals surface area contributed by atoms with Crippen LogP contribution in [0.5, 0.6) is 11.5 Å². The maximum Gasteiger partial charge on any atom is 0.227 e. The molecule has 0 spiro atoms. The Kier molecular flexibility index (Phi) is 7.01. The van der Waals surface area contributed by atoms with Crippen molar-refractivity contribution in [3.63, 3.8) is 0 Å². The molecule has 4 rings (SSSR count). The molecule has 1 aromatic carbocycles. The van der Waals surface area contributed by atoms with Crippen molar-refractivity contribution >= 4 is 35.0 Å². The van der Waals surface area contributed by atoms with Gasteiger partial charge in [-0.1, -0.05) is 0 Å². The third-order valence-corrected chi connectivity index (χ3v) is 6.76. The molecule has 8 nitrogen and oxygen atoms in total. The van der Waals surface area contributed by atoms with Crippen molar-refractivity contribution in [2.24, 2.45) is 5.92 Å². The summed E-state index contributed by atoms with van der Waals surface area (Å²) < 4.78 is 10.6. The molecular formula is C22H29N5O3S. The van der Waals surface area contributed by atoms with Crippen LogP contribution in [0, 0.1) is 5.92 Å². The topological polar surface area (TPSA) is 79.8 Å². The minimum Gasteiger partial charge on any atom is -0.493 e. The number of nitrogens with one attached hydrogen (secondary N) is 1. The number of anilines is 3. The Morgan fingerprint density at radius 1 is 0.968 bits per heavy atom. The Morgan fingerprint density at radius 3 is 2.26 bits per heavy atom. The molecule has 0 unspecified atom stereocenters. The van der Waals surface area contributed by atoms with Crippen LogP contribution < -0.4 is 24.6 Å². The van der Waals surface area contributed by atoms with E-state index in [0.29, 0.717) is 17.2 Å². The fourth-order valence-corrected chi connectivity index (χ4v) is 4.91. The predicted octanol–water partition coefficient (Wildman–Crippen LogP) is 2.90. The number of aromatic nitrogens is 2. The van der Waals surface area contributed by atoms with Crippen molar-refractivity contribution in [1.82, 2.24) is 9.97 Å². The van der Waals surface area contributed by atoms with Crippen LogP contribution in [0.15, 0.2) is 30.6 Å². The number of carbonyl (C=O) groups is 1. The maximum absolute atomic E-state index is 12.8. The SMILES string of the molecule is COc1ccc(NC(=O)C2CCN(c3cc(N4CCSCC4)ncn3)CC2)cc1OC. The fourth-order valence-electron chi connectivity index (χ4n) is 4.00. The third-order valence-electron chi connectivity index (χ3n) is 5.81. The van der Waals surface area contributed by atoms with Crippen molar-refractivity contribution in [2.45, 2.75) is 12.8 Å². The first-order chi connectivity index (χ1) is 15.2. The third kappa shape index (κ3) is 5.15. The van der Waals surface area contributed by atoms with Crippen LogP contribution >= 0.6 is 11.8 Å². The molecule has 2 aromatic rings. The number of carbonyl (C=O) groups excluding carboxylic acids is 1. The summed E-state index contributed by atoms with van der Waals surface area (Å²) in [6.45, 7) is 3.66. The Morgan fingerprint density at radius 2 is 1.61 bits per heavy atom. The van der Waals surface area contributed by atoms with E-state index in [1.54, 1.807) is 32.7 Å². The van der Waals surface area contributed by atoms with Gasteiger partial charge in [-0.2, -0.15) is 11.8 Å². The van der Waals surface area contributed by atoms with Gasteiger partial charge in [-0.15, -0.1) is 0 Å². The molecular weight excluding hydrogens is 414 g/mol. The standard InChI is InChI=1S/C22H29N5O3S/c1-29-18-4-3-17(13-19(18)30-2)25-22(28)16-5-7-26(8-6-16)20-14-21(24-15-23-20)27-9-11-31-12-10-27/h3-4,13-16H,5-12H2,1-2H3,(H,25,28). The number of methoxy groups -OCH3 is 2. The highest BCUT2D eigenvalue weighted by Gasteiger charge is 2.26. The Bertz CT molecular complexity index is 898. The molecule has 2 aliphatic heterocycles. The summed E-state index contributed by atoms with van der Waals surface area (Å²) in [5.74, 6) is 5.48. The first-order valence-corrected chi connectivity index (χ1v) is 11.8. The highest BCUT2D eigenvalue weighted by molar-refractivity contribution is 7.99. The Balaban J connectivity index is 1.34. The summed E-state index contributed by atoms with van der Waals surface area (Å²) in [6, 6.07) is 7.49. The van der Waals surface area contributed by atoms with E-state index in [2.05, 4.69) is 31.2 Å². The summed E-state index contributed by atoms with van der Waals surface area (Å²) in [5, 5.41) is 3.02. The predicted molar refractivity (Wildman–Crippen MR) is 125 cm³/mol. The maximum atomic E-state index is 12.8. The van der Waals surface area contributed by atoms with Crippen molar-refractivity contribution in [3.8, 4) is 11.5 Å². The lowest BCUT2D eigenvalue weighted by atomic mass is 9.95. The first-order valence-electron chi connectivity index (χ1n) is 10.6. The molecule has 1 N–H and O–H groups in total. The van der Waals surface area contributed by atoms with Gasteiger partial charge in [-0.25, -0.2) is 9.97 Å². The van der Waals surface area contributed by atoms with Crippen molar-refractivity contribution in [1.29, 1.82) is 0 Å². The van der Waals surface area contributed by atoms with Crippen molar-refractivity contribution in [2.75, 3.05) is 67.0 Å². The minimum absolute atomic E-state index is 0.0234. The highest BCUT2D eigenvalue weighted by atomic mass is 32.2. The summed E-state index contributed by atoms with van der Waals surface area (Å²) in [5.41, 5.74) is 0.713. The Hall–Kier alpha value is -2.68. The molecule has 0 saturated carbocycles. The molecule has 166 valence electrons. The molecule has 0 aliphatic carbocycles. The van der Waals surface area contributed by atoms with E-state index in [4.69, 9.17) is 9.47 Å². The monoisotopic (exact) mass is 443 g/mol. The van der Waals surface area contributed by atoms with Crippen molar-refractivity contribution in [3.05, 3.63) is 30.6 Å². The number of rotatable bonds is 6. The smallest absolute Gasteiger partial charge is 0.227 e. The zero-order valence-corrected chi connectivity index (χ0v) is 18.9. The van der Waals surface area contributed by atoms with E-state index < -0.39 is 0 Å². The van der Waals surface area contributed by atoms with Crippen LogP contribution in [-0.4, -0.2) is 67.8 Å². The number of ether oxygens (including phenoxy) is 2. The molecule has 2 fully saturated rings. The van der Waals surface area contributed by atoms with Gasteiger partial charge in [-0.3, -0.25) is 4.79 Å². The molecule has 3 heterocycles. The van der Waals surface area contributed by atoms with Crippen LogP contribution in [0.25, 0.3) is 0 Å². The van der Waals surface area contributed by atoms with Crippen LogP contribution in [0.4, 0.5) is 17.3 Å². The van der Waals surface area contributed by atoms with E-state index in [1.807, 2.05) is 17.8 Å². The van der Waals surface area contributed by atoms with Crippen molar-refractivity contribution < 1.29 is 14.3 Å². The van der Waals surface area contributed by atoms with Crippen LogP contribution in [-0.2, 0) is 4.79 Å². The van der Waals surface area contributed by atoms with Gasteiger partial charge in [0.25, 0.3) is 0 Å². The number of thioether (sulfide) groups is 1. The number of hydrogen-bond acceptors (Lipinski definition) is 8. The number of nitrogens with zero attached hydrogens (tertiary/aromatic N) is 4. The van der Waals surface area contributed by atoms with E-state index >= 15 is 0 Å². The summed E-state index contributed by atoms with van der Waals surface area (Å²) in [6.07, 6.45) is 3.24. The average Bonchev–Trinajstić information content (AvgIpc) is 2.84. The lowest BCUT2D eigenvalue weighted by Gasteiger charge is -2.33. The van der Waals surface area contributed by atoms with E-state index in [0.717, 1.165) is 62.2 Å². The van der Waals surface area contributed by atoms with Gasteiger partial charge in [0, 0.05) is 61.4 Å². The van der Waals surface area contributed by atoms with Gasteiger partial charge >= 0.3 is 0 Å². The molecule has 1 aromatic heterocycles. The second-order valence-electron chi connectivity index (χ2n) is 7.65. The number of piperidine rings is 1. The molecule has 31 heavy (non-hydrogen) atoms. The van der Waals surface area contributed by atoms with Gasteiger partial charge in [0.05, 0.1) is 14.2 Å². The molecule has 0 atom stereocenters. The molecule has 9 heteroatoms. The number of benzene rings is 1. The fraction of sp³-hybridized carbons (Fsp3) is 0.500. The summed E-state index contributed by atoms with van der Waals surface area (Å²) in [7, 11) is 3.18.